The van der Waals surface area contributed by atoms with E-state index in [1.54, 1.807) is 12.1 Å². The predicted octanol–water partition coefficient (Wildman–Crippen LogP) is 2.95. The van der Waals surface area contributed by atoms with Gasteiger partial charge in [-0.1, -0.05) is 12.1 Å². The Balaban J connectivity index is 1.95. The number of nitrogens with one attached hydrogen (secondary N) is 1. The number of carboxylic acids is 1. The first-order valence-corrected chi connectivity index (χ1v) is 7.16. The SMILES string of the molecule is CC(Cc1ccc(F)cc1)NC(=O)c1ccc(C(=O)O)s1. The van der Waals surface area contributed by atoms with Crippen LogP contribution >= 0.6 is 11.3 Å². The van der Waals surface area contributed by atoms with Crippen molar-refractivity contribution in [2.45, 2.75) is 19.4 Å². The van der Waals surface area contributed by atoms with E-state index < -0.39 is 5.97 Å². The molecular formula is C15H14FNO3S. The van der Waals surface area contributed by atoms with Gasteiger partial charge in [-0.15, -0.1) is 11.3 Å². The van der Waals surface area contributed by atoms with Gasteiger partial charge in [-0.2, -0.15) is 0 Å². The number of carbonyl (C=O) groups is 2. The molecule has 0 bridgehead atoms. The Hall–Kier alpha value is -2.21. The molecule has 1 aromatic heterocycles. The van der Waals surface area contributed by atoms with Crippen molar-refractivity contribution < 1.29 is 19.1 Å². The first-order valence-electron chi connectivity index (χ1n) is 6.34. The summed E-state index contributed by atoms with van der Waals surface area (Å²) in [5.74, 6) is -1.64. The average Bonchev–Trinajstić information content (AvgIpc) is 2.91. The summed E-state index contributed by atoms with van der Waals surface area (Å²) in [5, 5.41) is 11.6. The summed E-state index contributed by atoms with van der Waals surface area (Å²) in [7, 11) is 0. The minimum absolute atomic E-state index is 0.131. The zero-order valence-corrected chi connectivity index (χ0v) is 12.1. The Kier molecular flexibility index (Phi) is 4.70. The van der Waals surface area contributed by atoms with E-state index in [1.807, 2.05) is 6.92 Å². The van der Waals surface area contributed by atoms with E-state index in [9.17, 15) is 14.0 Å². The third-order valence-electron chi connectivity index (χ3n) is 2.87. The van der Waals surface area contributed by atoms with Crippen LogP contribution in [-0.2, 0) is 6.42 Å². The summed E-state index contributed by atoms with van der Waals surface area (Å²) in [6.07, 6.45) is 0.573. The second-order valence-corrected chi connectivity index (χ2v) is 5.76. The molecule has 0 radical (unpaired) electrons. The molecule has 0 saturated carbocycles. The van der Waals surface area contributed by atoms with Crippen molar-refractivity contribution in [3.05, 3.63) is 57.5 Å². The number of carboxylic acid groups (broad SMARTS) is 1. The molecule has 0 fully saturated rings. The van der Waals surface area contributed by atoms with Crippen LogP contribution in [0.3, 0.4) is 0 Å². The standard InChI is InChI=1S/C15H14FNO3S/c1-9(8-10-2-4-11(16)5-3-10)17-14(18)12-6-7-13(21-12)15(19)20/h2-7,9H,8H2,1H3,(H,17,18)(H,19,20). The molecule has 0 aliphatic rings. The molecule has 1 atom stereocenters. The number of thiophene rings is 1. The highest BCUT2D eigenvalue weighted by molar-refractivity contribution is 7.15. The Morgan fingerprint density at radius 3 is 2.38 bits per heavy atom. The van der Waals surface area contributed by atoms with Crippen LogP contribution in [0.4, 0.5) is 4.39 Å². The highest BCUT2D eigenvalue weighted by atomic mass is 32.1. The van der Waals surface area contributed by atoms with E-state index in [0.717, 1.165) is 16.9 Å². The number of amides is 1. The van der Waals surface area contributed by atoms with Gasteiger partial charge in [-0.05, 0) is 43.2 Å². The summed E-state index contributed by atoms with van der Waals surface area (Å²) in [5.41, 5.74) is 0.918. The lowest BCUT2D eigenvalue weighted by atomic mass is 10.1. The zero-order valence-electron chi connectivity index (χ0n) is 11.3. The Morgan fingerprint density at radius 2 is 1.81 bits per heavy atom. The van der Waals surface area contributed by atoms with Crippen LogP contribution in [0.15, 0.2) is 36.4 Å². The van der Waals surface area contributed by atoms with Crippen LogP contribution in [0.25, 0.3) is 0 Å². The monoisotopic (exact) mass is 307 g/mol. The fourth-order valence-corrected chi connectivity index (χ4v) is 2.64. The minimum Gasteiger partial charge on any atom is -0.477 e. The van der Waals surface area contributed by atoms with E-state index in [1.165, 1.54) is 24.3 Å². The van der Waals surface area contributed by atoms with Crippen molar-refractivity contribution in [3.63, 3.8) is 0 Å². The second-order valence-electron chi connectivity index (χ2n) is 4.67. The predicted molar refractivity (Wildman–Crippen MR) is 78.3 cm³/mol. The molecule has 110 valence electrons. The fraction of sp³-hybridized carbons (Fsp3) is 0.200. The van der Waals surface area contributed by atoms with Gasteiger partial charge in [0.1, 0.15) is 10.7 Å². The zero-order chi connectivity index (χ0) is 15.4. The summed E-state index contributed by atoms with van der Waals surface area (Å²) in [4.78, 5) is 23.2. The first kappa shape index (κ1) is 15.2. The van der Waals surface area contributed by atoms with Crippen molar-refractivity contribution in [2.24, 2.45) is 0 Å². The topological polar surface area (TPSA) is 66.4 Å². The summed E-state index contributed by atoms with van der Waals surface area (Å²) < 4.78 is 12.8. The lowest BCUT2D eigenvalue weighted by Gasteiger charge is -2.13. The van der Waals surface area contributed by atoms with E-state index >= 15 is 0 Å². The summed E-state index contributed by atoms with van der Waals surface area (Å²) in [6, 6.07) is 8.86. The smallest absolute Gasteiger partial charge is 0.345 e. The minimum atomic E-state index is -1.04. The normalized spacial score (nSPS) is 11.9. The lowest BCUT2D eigenvalue weighted by Crippen LogP contribution is -2.33. The van der Waals surface area contributed by atoms with Crippen LogP contribution in [0.5, 0.6) is 0 Å². The molecule has 0 spiro atoms. The average molecular weight is 307 g/mol. The van der Waals surface area contributed by atoms with Crippen LogP contribution in [0.2, 0.25) is 0 Å². The molecule has 0 aliphatic carbocycles. The molecule has 0 aliphatic heterocycles. The molecule has 6 heteroatoms. The molecule has 2 aromatic rings. The molecule has 1 aromatic carbocycles. The van der Waals surface area contributed by atoms with Crippen LogP contribution in [-0.4, -0.2) is 23.0 Å². The van der Waals surface area contributed by atoms with Crippen LogP contribution in [0.1, 0.15) is 31.8 Å². The molecule has 2 rings (SSSR count). The third-order valence-corrected chi connectivity index (χ3v) is 3.95. The number of aromatic carboxylic acids is 1. The van der Waals surface area contributed by atoms with Gasteiger partial charge in [0.15, 0.2) is 0 Å². The van der Waals surface area contributed by atoms with Gasteiger partial charge in [-0.3, -0.25) is 4.79 Å². The van der Waals surface area contributed by atoms with Gasteiger partial charge in [0.2, 0.25) is 0 Å². The maximum atomic E-state index is 12.8. The molecule has 0 saturated heterocycles. The van der Waals surface area contributed by atoms with Gasteiger partial charge in [0.05, 0.1) is 4.88 Å². The molecule has 21 heavy (non-hydrogen) atoms. The van der Waals surface area contributed by atoms with E-state index in [4.69, 9.17) is 5.11 Å². The van der Waals surface area contributed by atoms with Crippen LogP contribution in [0, 0.1) is 5.82 Å². The van der Waals surface area contributed by atoms with Crippen molar-refractivity contribution in [3.8, 4) is 0 Å². The molecule has 1 heterocycles. The van der Waals surface area contributed by atoms with E-state index in [0.29, 0.717) is 11.3 Å². The van der Waals surface area contributed by atoms with Gasteiger partial charge in [-0.25, -0.2) is 9.18 Å². The number of rotatable bonds is 5. The Labute approximate surface area is 125 Å². The molecule has 2 N–H and O–H groups in total. The third kappa shape index (κ3) is 4.13. The largest absolute Gasteiger partial charge is 0.477 e. The molecule has 1 unspecified atom stereocenters. The van der Waals surface area contributed by atoms with Crippen LogP contribution < -0.4 is 5.32 Å². The van der Waals surface area contributed by atoms with Gasteiger partial charge in [0, 0.05) is 6.04 Å². The summed E-state index contributed by atoms with van der Waals surface area (Å²) >= 11 is 0.938. The molecular weight excluding hydrogens is 293 g/mol. The maximum Gasteiger partial charge on any atom is 0.345 e. The number of halogens is 1. The fourth-order valence-electron chi connectivity index (χ4n) is 1.89. The van der Waals surface area contributed by atoms with Crippen molar-refractivity contribution in [2.75, 3.05) is 0 Å². The van der Waals surface area contributed by atoms with E-state index in [-0.39, 0.29) is 22.6 Å². The number of benzene rings is 1. The van der Waals surface area contributed by atoms with Crippen molar-refractivity contribution >= 4 is 23.2 Å². The van der Waals surface area contributed by atoms with Gasteiger partial charge < -0.3 is 10.4 Å². The first-order chi connectivity index (χ1) is 9.95. The van der Waals surface area contributed by atoms with Crippen molar-refractivity contribution in [1.82, 2.24) is 5.32 Å². The Morgan fingerprint density at radius 1 is 1.19 bits per heavy atom. The van der Waals surface area contributed by atoms with E-state index in [2.05, 4.69) is 5.32 Å². The molecule has 4 nitrogen and oxygen atoms in total. The number of carbonyl (C=O) groups excluding carboxylic acids is 1. The van der Waals surface area contributed by atoms with Gasteiger partial charge >= 0.3 is 5.97 Å². The molecule has 1 amide bonds. The summed E-state index contributed by atoms with van der Waals surface area (Å²) in [6.45, 7) is 1.84. The number of hydrogen-bond acceptors (Lipinski definition) is 3. The quantitative estimate of drug-likeness (QED) is 0.892. The van der Waals surface area contributed by atoms with Crippen molar-refractivity contribution in [1.29, 1.82) is 0 Å². The van der Waals surface area contributed by atoms with Gasteiger partial charge in [0.25, 0.3) is 5.91 Å². The highest BCUT2D eigenvalue weighted by Gasteiger charge is 2.15. The number of hydrogen-bond donors (Lipinski definition) is 2. The Bertz CT molecular complexity index is 651. The lowest BCUT2D eigenvalue weighted by molar-refractivity contribution is 0.0702. The highest BCUT2D eigenvalue weighted by Crippen LogP contribution is 2.16. The second kappa shape index (κ2) is 6.49. The maximum absolute atomic E-state index is 12.8.